The molecule has 20 heavy (non-hydrogen) atoms. The zero-order chi connectivity index (χ0) is 14.5. The van der Waals surface area contributed by atoms with Crippen molar-refractivity contribution >= 4 is 34.5 Å². The normalized spacial score (nSPS) is 10.3. The predicted molar refractivity (Wildman–Crippen MR) is 88.6 cm³/mol. The molecule has 0 aliphatic rings. The van der Waals surface area contributed by atoms with Crippen LogP contribution in [0.3, 0.4) is 0 Å². The summed E-state index contributed by atoms with van der Waals surface area (Å²) in [7, 11) is 2.01. The summed E-state index contributed by atoms with van der Waals surface area (Å²) in [5.41, 5.74) is 8.61. The molecule has 0 aliphatic carbocycles. The number of benzene rings is 1. The van der Waals surface area contributed by atoms with Crippen LogP contribution in [-0.4, -0.2) is 23.6 Å². The maximum Gasteiger partial charge on any atom is 0.106 e. The molecule has 1 aromatic carbocycles. The van der Waals surface area contributed by atoms with Gasteiger partial charge >= 0.3 is 0 Å². The Morgan fingerprint density at radius 1 is 1.35 bits per heavy atom. The lowest BCUT2D eigenvalue weighted by Gasteiger charge is -2.22. The van der Waals surface area contributed by atoms with Crippen LogP contribution >= 0.6 is 23.8 Å². The van der Waals surface area contributed by atoms with Crippen molar-refractivity contribution in [2.24, 2.45) is 5.73 Å². The summed E-state index contributed by atoms with van der Waals surface area (Å²) in [6.07, 6.45) is 2.66. The fourth-order valence-electron chi connectivity index (χ4n) is 1.99. The minimum atomic E-state index is 0.354. The SMILES string of the molecule is CN(CCc1ccccn1)c1ccc(Cl)cc1C(N)=S. The lowest BCUT2D eigenvalue weighted by atomic mass is 10.1. The molecule has 1 heterocycles. The molecule has 0 saturated carbocycles. The van der Waals surface area contributed by atoms with E-state index in [-0.39, 0.29) is 0 Å². The van der Waals surface area contributed by atoms with Gasteiger partial charge in [-0.05, 0) is 30.3 Å². The minimum absolute atomic E-state index is 0.354. The number of halogens is 1. The van der Waals surface area contributed by atoms with Crippen molar-refractivity contribution in [3.05, 3.63) is 58.9 Å². The summed E-state index contributed by atoms with van der Waals surface area (Å²) >= 11 is 11.1. The lowest BCUT2D eigenvalue weighted by Crippen LogP contribution is -2.24. The molecule has 0 spiro atoms. The molecule has 0 saturated heterocycles. The molecule has 2 rings (SSSR count). The smallest absolute Gasteiger partial charge is 0.106 e. The Labute approximate surface area is 129 Å². The Morgan fingerprint density at radius 3 is 2.80 bits per heavy atom. The second-order valence-electron chi connectivity index (χ2n) is 4.52. The second-order valence-corrected chi connectivity index (χ2v) is 5.39. The first-order valence-corrected chi connectivity index (χ1v) is 7.07. The van der Waals surface area contributed by atoms with E-state index in [1.54, 1.807) is 12.3 Å². The number of aromatic nitrogens is 1. The van der Waals surface area contributed by atoms with Gasteiger partial charge in [0.25, 0.3) is 0 Å². The summed E-state index contributed by atoms with van der Waals surface area (Å²) in [5.74, 6) is 0. The first-order valence-electron chi connectivity index (χ1n) is 6.28. The minimum Gasteiger partial charge on any atom is -0.389 e. The number of pyridine rings is 1. The van der Waals surface area contributed by atoms with Gasteiger partial charge in [0.1, 0.15) is 4.99 Å². The van der Waals surface area contributed by atoms with Crippen molar-refractivity contribution in [2.45, 2.75) is 6.42 Å². The van der Waals surface area contributed by atoms with Gasteiger partial charge in [-0.1, -0.05) is 29.9 Å². The van der Waals surface area contributed by atoms with Crippen LogP contribution in [0.15, 0.2) is 42.6 Å². The molecule has 0 radical (unpaired) electrons. The molecule has 3 nitrogen and oxygen atoms in total. The monoisotopic (exact) mass is 305 g/mol. The molecule has 2 N–H and O–H groups in total. The number of likely N-dealkylation sites (N-methyl/N-ethyl adjacent to an activating group) is 1. The third kappa shape index (κ3) is 3.68. The van der Waals surface area contributed by atoms with E-state index in [2.05, 4.69) is 9.88 Å². The van der Waals surface area contributed by atoms with Crippen molar-refractivity contribution in [3.63, 3.8) is 0 Å². The van der Waals surface area contributed by atoms with Gasteiger partial charge in [-0.25, -0.2) is 0 Å². The topological polar surface area (TPSA) is 42.2 Å². The highest BCUT2D eigenvalue weighted by molar-refractivity contribution is 7.80. The molecule has 0 amide bonds. The van der Waals surface area contributed by atoms with E-state index in [1.165, 1.54) is 0 Å². The number of thiocarbonyl (C=S) groups is 1. The van der Waals surface area contributed by atoms with Gasteiger partial charge in [-0.2, -0.15) is 0 Å². The summed E-state index contributed by atoms with van der Waals surface area (Å²) in [6, 6.07) is 11.5. The van der Waals surface area contributed by atoms with Crippen LogP contribution in [0.5, 0.6) is 0 Å². The van der Waals surface area contributed by atoms with Crippen molar-refractivity contribution in [3.8, 4) is 0 Å². The van der Waals surface area contributed by atoms with E-state index >= 15 is 0 Å². The summed E-state index contributed by atoms with van der Waals surface area (Å²) in [4.78, 5) is 6.78. The molecule has 0 aliphatic heterocycles. The number of hydrogen-bond donors (Lipinski definition) is 1. The zero-order valence-electron chi connectivity index (χ0n) is 11.2. The summed E-state index contributed by atoms with van der Waals surface area (Å²) in [5, 5.41) is 0.634. The van der Waals surface area contributed by atoms with Crippen LogP contribution in [0.4, 0.5) is 5.69 Å². The number of nitrogens with zero attached hydrogens (tertiary/aromatic N) is 2. The molecular weight excluding hydrogens is 290 g/mol. The molecule has 0 unspecified atom stereocenters. The third-order valence-electron chi connectivity index (χ3n) is 3.06. The molecule has 0 bridgehead atoms. The van der Waals surface area contributed by atoms with Gasteiger partial charge in [0.2, 0.25) is 0 Å². The van der Waals surface area contributed by atoms with Gasteiger partial charge in [0.05, 0.1) is 0 Å². The fourth-order valence-corrected chi connectivity index (χ4v) is 2.32. The average Bonchev–Trinajstić information content (AvgIpc) is 2.45. The zero-order valence-corrected chi connectivity index (χ0v) is 12.8. The maximum absolute atomic E-state index is 5.99. The van der Waals surface area contributed by atoms with E-state index in [9.17, 15) is 0 Å². The van der Waals surface area contributed by atoms with Crippen LogP contribution in [0.2, 0.25) is 5.02 Å². The molecule has 1 aromatic heterocycles. The Kier molecular flexibility index (Phi) is 4.93. The van der Waals surface area contributed by atoms with E-state index in [4.69, 9.17) is 29.6 Å². The van der Waals surface area contributed by atoms with Gasteiger partial charge in [0, 0.05) is 48.2 Å². The van der Waals surface area contributed by atoms with Crippen LogP contribution in [0, 0.1) is 0 Å². The quantitative estimate of drug-likeness (QED) is 0.862. The third-order valence-corrected chi connectivity index (χ3v) is 3.52. The Balaban J connectivity index is 2.13. The first-order chi connectivity index (χ1) is 9.58. The number of hydrogen-bond acceptors (Lipinski definition) is 3. The van der Waals surface area contributed by atoms with Crippen molar-refractivity contribution < 1.29 is 0 Å². The fraction of sp³-hybridized carbons (Fsp3) is 0.200. The molecule has 0 fully saturated rings. The van der Waals surface area contributed by atoms with Crippen LogP contribution in [0.25, 0.3) is 0 Å². The van der Waals surface area contributed by atoms with Crippen molar-refractivity contribution in [2.75, 3.05) is 18.5 Å². The van der Waals surface area contributed by atoms with Crippen molar-refractivity contribution in [1.29, 1.82) is 0 Å². The van der Waals surface area contributed by atoms with Crippen LogP contribution < -0.4 is 10.6 Å². The first kappa shape index (κ1) is 14.8. The lowest BCUT2D eigenvalue weighted by molar-refractivity contribution is 0.852. The standard InChI is InChI=1S/C15H16ClN3S/c1-19(9-7-12-4-2-3-8-18-12)14-6-5-11(16)10-13(14)15(17)20/h2-6,8,10H,7,9H2,1H3,(H2,17,20). The molecule has 5 heteroatoms. The maximum atomic E-state index is 5.99. The highest BCUT2D eigenvalue weighted by Gasteiger charge is 2.10. The van der Waals surface area contributed by atoms with Gasteiger partial charge in [0.15, 0.2) is 0 Å². The molecule has 2 aromatic rings. The Hall–Kier alpha value is -1.65. The van der Waals surface area contributed by atoms with E-state index in [1.807, 2.05) is 37.4 Å². The number of rotatable bonds is 5. The largest absolute Gasteiger partial charge is 0.389 e. The van der Waals surface area contributed by atoms with Gasteiger partial charge in [-0.3, -0.25) is 4.98 Å². The van der Waals surface area contributed by atoms with Crippen molar-refractivity contribution in [1.82, 2.24) is 4.98 Å². The van der Waals surface area contributed by atoms with Crippen LogP contribution in [-0.2, 0) is 6.42 Å². The second kappa shape index (κ2) is 6.68. The predicted octanol–water partition coefficient (Wildman–Crippen LogP) is 3.05. The molecular formula is C15H16ClN3S. The van der Waals surface area contributed by atoms with E-state index < -0.39 is 0 Å². The van der Waals surface area contributed by atoms with E-state index in [0.29, 0.717) is 10.0 Å². The Morgan fingerprint density at radius 2 is 2.15 bits per heavy atom. The van der Waals surface area contributed by atoms with Gasteiger partial charge < -0.3 is 10.6 Å². The molecule has 104 valence electrons. The molecule has 0 atom stereocenters. The number of anilines is 1. The summed E-state index contributed by atoms with van der Waals surface area (Å²) < 4.78 is 0. The highest BCUT2D eigenvalue weighted by Crippen LogP contribution is 2.23. The van der Waals surface area contributed by atoms with Gasteiger partial charge in [-0.15, -0.1) is 0 Å². The number of nitrogens with two attached hydrogens (primary N) is 1. The highest BCUT2D eigenvalue weighted by atomic mass is 35.5. The van der Waals surface area contributed by atoms with Crippen LogP contribution in [0.1, 0.15) is 11.3 Å². The Bertz CT molecular complexity index is 601. The van der Waals surface area contributed by atoms with E-state index in [0.717, 1.165) is 29.9 Å². The average molecular weight is 306 g/mol. The summed E-state index contributed by atoms with van der Waals surface area (Å²) in [6.45, 7) is 0.828.